The predicted octanol–water partition coefficient (Wildman–Crippen LogP) is 3.68. The van der Waals surface area contributed by atoms with Gasteiger partial charge in [0.1, 0.15) is 11.9 Å². The first-order valence-electron chi connectivity index (χ1n) is 7.08. The molecule has 1 fully saturated rings. The number of halogens is 2. The maximum absolute atomic E-state index is 13.1. The van der Waals surface area contributed by atoms with Gasteiger partial charge in [0, 0.05) is 18.8 Å². The highest BCUT2D eigenvalue weighted by Crippen LogP contribution is 2.20. The number of amides is 1. The molecule has 1 unspecified atom stereocenters. The second-order valence-electron chi connectivity index (χ2n) is 5.23. The molecule has 0 aromatic heterocycles. The Hall–Kier alpha value is -1.29. The molecule has 5 heteroatoms. The number of hydrogen-bond acceptors (Lipinski definition) is 2. The van der Waals surface area contributed by atoms with Crippen LogP contribution < -0.4 is 5.32 Å². The fraction of sp³-hybridized carbons (Fsp3) is 0.533. The van der Waals surface area contributed by atoms with Crippen molar-refractivity contribution >= 4 is 23.2 Å². The SMILES string of the molecule is CC(Nc1ccc(F)c(Cl)c1)C(=O)N1CCCCCC1. The largest absolute Gasteiger partial charge is 0.374 e. The van der Waals surface area contributed by atoms with Gasteiger partial charge in [-0.15, -0.1) is 0 Å². The van der Waals surface area contributed by atoms with Crippen LogP contribution in [0.1, 0.15) is 32.6 Å². The zero-order valence-electron chi connectivity index (χ0n) is 11.7. The molecule has 2 rings (SSSR count). The molecule has 0 aliphatic carbocycles. The summed E-state index contributed by atoms with van der Waals surface area (Å²) < 4.78 is 13.1. The highest BCUT2D eigenvalue weighted by atomic mass is 35.5. The van der Waals surface area contributed by atoms with Crippen molar-refractivity contribution in [1.29, 1.82) is 0 Å². The van der Waals surface area contributed by atoms with E-state index in [2.05, 4.69) is 5.32 Å². The Morgan fingerprint density at radius 2 is 1.95 bits per heavy atom. The average molecular weight is 299 g/mol. The lowest BCUT2D eigenvalue weighted by atomic mass is 10.2. The van der Waals surface area contributed by atoms with Crippen molar-refractivity contribution in [2.24, 2.45) is 0 Å². The number of carbonyl (C=O) groups is 1. The normalized spacial score (nSPS) is 17.4. The summed E-state index contributed by atoms with van der Waals surface area (Å²) in [6.07, 6.45) is 4.53. The number of nitrogens with one attached hydrogen (secondary N) is 1. The van der Waals surface area contributed by atoms with E-state index in [-0.39, 0.29) is 17.0 Å². The first-order valence-corrected chi connectivity index (χ1v) is 7.46. The van der Waals surface area contributed by atoms with Gasteiger partial charge in [0.2, 0.25) is 5.91 Å². The lowest BCUT2D eigenvalue weighted by Crippen LogP contribution is -2.41. The monoisotopic (exact) mass is 298 g/mol. The third-order valence-electron chi connectivity index (χ3n) is 3.59. The molecule has 3 nitrogen and oxygen atoms in total. The van der Waals surface area contributed by atoms with E-state index in [1.165, 1.54) is 25.0 Å². The van der Waals surface area contributed by atoms with Crippen LogP contribution in [0.4, 0.5) is 10.1 Å². The molecule has 0 bridgehead atoms. The second-order valence-corrected chi connectivity index (χ2v) is 5.64. The van der Waals surface area contributed by atoms with E-state index in [1.54, 1.807) is 6.07 Å². The number of rotatable bonds is 3. The topological polar surface area (TPSA) is 32.3 Å². The maximum atomic E-state index is 13.1. The van der Waals surface area contributed by atoms with E-state index < -0.39 is 5.82 Å². The van der Waals surface area contributed by atoms with Gasteiger partial charge in [0.25, 0.3) is 0 Å². The summed E-state index contributed by atoms with van der Waals surface area (Å²) in [6, 6.07) is 4.05. The van der Waals surface area contributed by atoms with Gasteiger partial charge in [0.15, 0.2) is 0 Å². The van der Waals surface area contributed by atoms with E-state index in [1.807, 2.05) is 11.8 Å². The fourth-order valence-corrected chi connectivity index (χ4v) is 2.64. The molecule has 1 aliphatic heterocycles. The zero-order chi connectivity index (χ0) is 14.5. The van der Waals surface area contributed by atoms with Gasteiger partial charge in [-0.2, -0.15) is 0 Å². The molecule has 0 spiro atoms. The van der Waals surface area contributed by atoms with E-state index in [0.717, 1.165) is 25.9 Å². The van der Waals surface area contributed by atoms with Gasteiger partial charge in [-0.25, -0.2) is 4.39 Å². The molecule has 1 aromatic rings. The minimum atomic E-state index is -0.455. The van der Waals surface area contributed by atoms with Crippen LogP contribution in [-0.4, -0.2) is 29.9 Å². The van der Waals surface area contributed by atoms with Crippen LogP contribution in [0.15, 0.2) is 18.2 Å². The molecule has 110 valence electrons. The molecule has 1 atom stereocenters. The van der Waals surface area contributed by atoms with E-state index in [0.29, 0.717) is 5.69 Å². The minimum Gasteiger partial charge on any atom is -0.374 e. The number of benzene rings is 1. The Balaban J connectivity index is 1.97. The first-order chi connectivity index (χ1) is 9.58. The molecule has 0 radical (unpaired) electrons. The lowest BCUT2D eigenvalue weighted by Gasteiger charge is -2.25. The van der Waals surface area contributed by atoms with Crippen LogP contribution in [0, 0.1) is 5.82 Å². The van der Waals surface area contributed by atoms with Crippen LogP contribution >= 0.6 is 11.6 Å². The molecule has 1 heterocycles. The molecule has 1 amide bonds. The number of nitrogens with zero attached hydrogens (tertiary/aromatic N) is 1. The Morgan fingerprint density at radius 1 is 1.30 bits per heavy atom. The molecule has 1 aromatic carbocycles. The molecule has 0 saturated carbocycles. The van der Waals surface area contributed by atoms with Crippen molar-refractivity contribution in [3.05, 3.63) is 29.0 Å². The van der Waals surface area contributed by atoms with Crippen LogP contribution in [0.3, 0.4) is 0 Å². The molecule has 1 N–H and O–H groups in total. The van der Waals surface area contributed by atoms with Crippen molar-refractivity contribution in [3.8, 4) is 0 Å². The maximum Gasteiger partial charge on any atom is 0.244 e. The Labute approximate surface area is 124 Å². The van der Waals surface area contributed by atoms with Crippen LogP contribution in [0.25, 0.3) is 0 Å². The third kappa shape index (κ3) is 3.85. The highest BCUT2D eigenvalue weighted by Gasteiger charge is 2.21. The minimum absolute atomic E-state index is 0.0596. The fourth-order valence-electron chi connectivity index (χ4n) is 2.46. The summed E-state index contributed by atoms with van der Waals surface area (Å²) in [6.45, 7) is 3.48. The highest BCUT2D eigenvalue weighted by molar-refractivity contribution is 6.31. The first kappa shape index (κ1) is 15.1. The van der Waals surface area contributed by atoms with E-state index >= 15 is 0 Å². The van der Waals surface area contributed by atoms with Crippen molar-refractivity contribution in [2.75, 3.05) is 18.4 Å². The summed E-state index contributed by atoms with van der Waals surface area (Å²) in [5, 5.41) is 3.14. The van der Waals surface area contributed by atoms with Crippen LogP contribution in [0.2, 0.25) is 5.02 Å². The average Bonchev–Trinajstić information content (AvgIpc) is 2.71. The van der Waals surface area contributed by atoms with Crippen LogP contribution in [-0.2, 0) is 4.79 Å². The Bertz CT molecular complexity index is 473. The molecular weight excluding hydrogens is 279 g/mol. The van der Waals surface area contributed by atoms with E-state index in [9.17, 15) is 9.18 Å². The van der Waals surface area contributed by atoms with Gasteiger partial charge in [-0.05, 0) is 38.0 Å². The summed E-state index contributed by atoms with van der Waals surface area (Å²) in [5.74, 6) is -0.365. The number of likely N-dealkylation sites (tertiary alicyclic amines) is 1. The predicted molar refractivity (Wildman–Crippen MR) is 79.5 cm³/mol. The van der Waals surface area contributed by atoms with Gasteiger partial charge in [-0.1, -0.05) is 24.4 Å². The summed E-state index contributed by atoms with van der Waals surface area (Å²) in [7, 11) is 0. The quantitative estimate of drug-likeness (QED) is 0.923. The number of hydrogen-bond donors (Lipinski definition) is 1. The molecule has 1 aliphatic rings. The lowest BCUT2D eigenvalue weighted by molar-refractivity contribution is -0.131. The van der Waals surface area contributed by atoms with Gasteiger partial charge in [0.05, 0.1) is 5.02 Å². The van der Waals surface area contributed by atoms with E-state index in [4.69, 9.17) is 11.6 Å². The van der Waals surface area contributed by atoms with Crippen molar-refractivity contribution in [1.82, 2.24) is 4.90 Å². The Kier molecular flexibility index (Phi) is 5.24. The van der Waals surface area contributed by atoms with Gasteiger partial charge in [-0.3, -0.25) is 4.79 Å². The summed E-state index contributed by atoms with van der Waals surface area (Å²) >= 11 is 5.74. The molecule has 20 heavy (non-hydrogen) atoms. The van der Waals surface area contributed by atoms with Gasteiger partial charge >= 0.3 is 0 Å². The van der Waals surface area contributed by atoms with Crippen LogP contribution in [0.5, 0.6) is 0 Å². The zero-order valence-corrected chi connectivity index (χ0v) is 12.4. The third-order valence-corrected chi connectivity index (χ3v) is 3.88. The molecular formula is C15H20ClFN2O. The summed E-state index contributed by atoms with van der Waals surface area (Å²) in [5.41, 5.74) is 0.659. The number of anilines is 1. The smallest absolute Gasteiger partial charge is 0.244 e. The summed E-state index contributed by atoms with van der Waals surface area (Å²) in [4.78, 5) is 14.3. The second kappa shape index (κ2) is 6.93. The number of carbonyl (C=O) groups excluding carboxylic acids is 1. The van der Waals surface area contributed by atoms with Crippen molar-refractivity contribution in [2.45, 2.75) is 38.6 Å². The van der Waals surface area contributed by atoms with Gasteiger partial charge < -0.3 is 10.2 Å². The van der Waals surface area contributed by atoms with Crippen molar-refractivity contribution in [3.63, 3.8) is 0 Å². The standard InChI is InChI=1S/C15H20ClFN2O/c1-11(15(20)19-8-4-2-3-5-9-19)18-12-6-7-14(17)13(16)10-12/h6-7,10-11,18H,2-5,8-9H2,1H3. The molecule has 1 saturated heterocycles. The Morgan fingerprint density at radius 3 is 2.55 bits per heavy atom. The van der Waals surface area contributed by atoms with Crippen molar-refractivity contribution < 1.29 is 9.18 Å².